The Balaban J connectivity index is 1.37. The predicted molar refractivity (Wildman–Crippen MR) is 91.2 cm³/mol. The van der Waals surface area contributed by atoms with Gasteiger partial charge in [0.1, 0.15) is 5.82 Å². The van der Waals surface area contributed by atoms with Crippen molar-refractivity contribution in [3.05, 3.63) is 18.0 Å². The molecule has 0 N–H and O–H groups in total. The molecule has 2 fully saturated rings. The summed E-state index contributed by atoms with van der Waals surface area (Å²) in [5.41, 5.74) is 0.707. The number of hydrogen-bond donors (Lipinski definition) is 0. The van der Waals surface area contributed by atoms with Gasteiger partial charge in [-0.05, 0) is 31.9 Å². The van der Waals surface area contributed by atoms with Crippen LogP contribution in [0.2, 0.25) is 0 Å². The highest BCUT2D eigenvalue weighted by Gasteiger charge is 2.37. The van der Waals surface area contributed by atoms with Gasteiger partial charge in [-0.1, -0.05) is 0 Å². The quantitative estimate of drug-likeness (QED) is 0.814. The van der Waals surface area contributed by atoms with Crippen molar-refractivity contribution in [3.8, 4) is 0 Å². The standard InChI is InChI=1S/C17H22F2N6O/c1-12-20-21-14-2-3-15(22-25(12)14)23-8-4-13(5-9-23)16(26)24-10-6-17(18,19)7-11-24/h2-3,13H,4-11H2,1H3. The highest BCUT2D eigenvalue weighted by molar-refractivity contribution is 5.79. The molecule has 2 saturated heterocycles. The number of aryl methyl sites for hydroxylation is 1. The van der Waals surface area contributed by atoms with E-state index in [1.165, 1.54) is 0 Å². The largest absolute Gasteiger partial charge is 0.355 e. The van der Waals surface area contributed by atoms with Crippen LogP contribution in [0.25, 0.3) is 5.65 Å². The summed E-state index contributed by atoms with van der Waals surface area (Å²) in [6.45, 7) is 3.62. The molecule has 9 heteroatoms. The molecular formula is C17H22F2N6O. The van der Waals surface area contributed by atoms with E-state index in [1.807, 2.05) is 19.1 Å². The number of carbonyl (C=O) groups is 1. The Hall–Kier alpha value is -2.32. The number of halogens is 2. The molecule has 4 rings (SSSR count). The van der Waals surface area contributed by atoms with Crippen molar-refractivity contribution in [1.29, 1.82) is 0 Å². The van der Waals surface area contributed by atoms with Crippen LogP contribution in [0, 0.1) is 12.8 Å². The van der Waals surface area contributed by atoms with Gasteiger partial charge in [-0.15, -0.1) is 15.3 Å². The first-order chi connectivity index (χ1) is 12.4. The number of anilines is 1. The molecule has 0 aromatic carbocycles. The number of fused-ring (bicyclic) bond motifs is 1. The first-order valence-electron chi connectivity index (χ1n) is 9.04. The summed E-state index contributed by atoms with van der Waals surface area (Å²) in [6, 6.07) is 3.80. The van der Waals surface area contributed by atoms with Crippen LogP contribution in [0.1, 0.15) is 31.5 Å². The molecule has 2 aromatic heterocycles. The van der Waals surface area contributed by atoms with Crippen molar-refractivity contribution in [3.63, 3.8) is 0 Å². The highest BCUT2D eigenvalue weighted by Crippen LogP contribution is 2.30. The van der Waals surface area contributed by atoms with Crippen LogP contribution in [0.4, 0.5) is 14.6 Å². The number of alkyl halides is 2. The minimum atomic E-state index is -2.62. The lowest BCUT2D eigenvalue weighted by molar-refractivity contribution is -0.142. The molecule has 7 nitrogen and oxygen atoms in total. The van der Waals surface area contributed by atoms with Crippen molar-refractivity contribution in [1.82, 2.24) is 24.7 Å². The molecule has 0 bridgehead atoms. The van der Waals surface area contributed by atoms with Gasteiger partial charge in [0.15, 0.2) is 11.5 Å². The summed E-state index contributed by atoms with van der Waals surface area (Å²) in [5.74, 6) is -1.11. The zero-order valence-corrected chi connectivity index (χ0v) is 14.7. The molecule has 0 atom stereocenters. The lowest BCUT2D eigenvalue weighted by atomic mass is 9.94. The zero-order chi connectivity index (χ0) is 18.3. The van der Waals surface area contributed by atoms with Crippen molar-refractivity contribution in [2.75, 3.05) is 31.1 Å². The van der Waals surface area contributed by atoms with Crippen molar-refractivity contribution < 1.29 is 13.6 Å². The molecule has 2 aliphatic heterocycles. The molecule has 0 radical (unpaired) electrons. The van der Waals surface area contributed by atoms with E-state index in [1.54, 1.807) is 9.42 Å². The van der Waals surface area contributed by atoms with Crippen LogP contribution in [0.3, 0.4) is 0 Å². The summed E-state index contributed by atoms with van der Waals surface area (Å²) < 4.78 is 28.3. The highest BCUT2D eigenvalue weighted by atomic mass is 19.3. The smallest absolute Gasteiger partial charge is 0.251 e. The average molecular weight is 364 g/mol. The van der Waals surface area contributed by atoms with E-state index in [0.29, 0.717) is 18.5 Å². The first-order valence-corrected chi connectivity index (χ1v) is 9.04. The topological polar surface area (TPSA) is 66.6 Å². The molecule has 0 saturated carbocycles. The van der Waals surface area contributed by atoms with Crippen LogP contribution in [-0.2, 0) is 4.79 Å². The fourth-order valence-corrected chi connectivity index (χ4v) is 3.72. The van der Waals surface area contributed by atoms with Crippen molar-refractivity contribution in [2.45, 2.75) is 38.5 Å². The van der Waals surface area contributed by atoms with E-state index in [-0.39, 0.29) is 37.8 Å². The Labute approximate surface area is 150 Å². The first kappa shape index (κ1) is 17.1. The zero-order valence-electron chi connectivity index (χ0n) is 14.7. The van der Waals surface area contributed by atoms with Gasteiger partial charge in [0.05, 0.1) is 0 Å². The predicted octanol–water partition coefficient (Wildman–Crippen LogP) is 1.91. The molecule has 0 spiro atoms. The van der Waals surface area contributed by atoms with Gasteiger partial charge >= 0.3 is 0 Å². The molecular weight excluding hydrogens is 342 g/mol. The Morgan fingerprint density at radius 2 is 1.81 bits per heavy atom. The van der Waals surface area contributed by atoms with E-state index in [0.717, 1.165) is 24.7 Å². The number of rotatable bonds is 2. The van der Waals surface area contributed by atoms with Crippen molar-refractivity contribution >= 4 is 17.4 Å². The lowest BCUT2D eigenvalue weighted by Crippen LogP contribution is -2.47. The molecule has 2 aromatic rings. The summed E-state index contributed by atoms with van der Waals surface area (Å²) in [6.07, 6.45) is 0.985. The second-order valence-electron chi connectivity index (χ2n) is 7.15. The van der Waals surface area contributed by atoms with Crippen LogP contribution in [0.5, 0.6) is 0 Å². The van der Waals surface area contributed by atoms with E-state index in [4.69, 9.17) is 0 Å². The van der Waals surface area contributed by atoms with Gasteiger partial charge in [0.2, 0.25) is 5.91 Å². The Morgan fingerprint density at radius 3 is 2.50 bits per heavy atom. The monoisotopic (exact) mass is 364 g/mol. The average Bonchev–Trinajstić information content (AvgIpc) is 3.02. The van der Waals surface area contributed by atoms with Gasteiger partial charge in [-0.2, -0.15) is 4.52 Å². The fourth-order valence-electron chi connectivity index (χ4n) is 3.72. The number of hydrogen-bond acceptors (Lipinski definition) is 5. The van der Waals surface area contributed by atoms with Crippen LogP contribution < -0.4 is 4.90 Å². The third-order valence-corrected chi connectivity index (χ3v) is 5.38. The minimum absolute atomic E-state index is 0.0261. The van der Waals surface area contributed by atoms with Gasteiger partial charge in [0.25, 0.3) is 5.92 Å². The van der Waals surface area contributed by atoms with Crippen LogP contribution in [-0.4, -0.2) is 62.7 Å². The van der Waals surface area contributed by atoms with Gasteiger partial charge in [-0.3, -0.25) is 4.79 Å². The fraction of sp³-hybridized carbons (Fsp3) is 0.647. The molecule has 4 heterocycles. The van der Waals surface area contributed by atoms with Gasteiger partial charge in [-0.25, -0.2) is 8.78 Å². The molecule has 140 valence electrons. The van der Waals surface area contributed by atoms with E-state index in [9.17, 15) is 13.6 Å². The number of carbonyl (C=O) groups excluding carboxylic acids is 1. The van der Waals surface area contributed by atoms with Gasteiger partial charge < -0.3 is 9.80 Å². The van der Waals surface area contributed by atoms with Crippen LogP contribution >= 0.6 is 0 Å². The second-order valence-corrected chi connectivity index (χ2v) is 7.15. The van der Waals surface area contributed by atoms with E-state index in [2.05, 4.69) is 20.2 Å². The summed E-state index contributed by atoms with van der Waals surface area (Å²) in [5, 5.41) is 12.6. The maximum absolute atomic E-state index is 13.3. The summed E-state index contributed by atoms with van der Waals surface area (Å²) in [7, 11) is 0. The van der Waals surface area contributed by atoms with Gasteiger partial charge in [0, 0.05) is 44.9 Å². The van der Waals surface area contributed by atoms with Crippen molar-refractivity contribution in [2.24, 2.45) is 5.92 Å². The Morgan fingerprint density at radius 1 is 1.12 bits per heavy atom. The minimum Gasteiger partial charge on any atom is -0.355 e. The molecule has 0 aliphatic carbocycles. The summed E-state index contributed by atoms with van der Waals surface area (Å²) >= 11 is 0. The third kappa shape index (κ3) is 3.22. The maximum Gasteiger partial charge on any atom is 0.251 e. The molecule has 26 heavy (non-hydrogen) atoms. The second kappa shape index (κ2) is 6.44. The number of piperidine rings is 2. The normalized spacial score (nSPS) is 21.3. The lowest BCUT2D eigenvalue weighted by Gasteiger charge is -2.37. The molecule has 0 unspecified atom stereocenters. The van der Waals surface area contributed by atoms with Crippen LogP contribution in [0.15, 0.2) is 12.1 Å². The third-order valence-electron chi connectivity index (χ3n) is 5.38. The number of likely N-dealkylation sites (tertiary alicyclic amines) is 1. The Kier molecular flexibility index (Phi) is 4.24. The Bertz CT molecular complexity index is 805. The SMILES string of the molecule is Cc1nnc2ccc(N3CCC(C(=O)N4CCC(F)(F)CC4)CC3)nn12. The number of nitrogens with zero attached hydrogens (tertiary/aromatic N) is 6. The van der Waals surface area contributed by atoms with E-state index < -0.39 is 5.92 Å². The summed E-state index contributed by atoms with van der Waals surface area (Å²) in [4.78, 5) is 16.4. The number of aromatic nitrogens is 4. The molecule has 2 aliphatic rings. The molecule has 1 amide bonds. The number of amides is 1. The maximum atomic E-state index is 13.3. The van der Waals surface area contributed by atoms with E-state index >= 15 is 0 Å².